The number of hydrogen-bond acceptors (Lipinski definition) is 4. The maximum absolute atomic E-state index is 11.7. The van der Waals surface area contributed by atoms with Crippen molar-refractivity contribution in [2.24, 2.45) is 0 Å². The molecule has 0 aromatic heterocycles. The largest absolute Gasteiger partial charge is 0.502 e. The van der Waals surface area contributed by atoms with Crippen molar-refractivity contribution >= 4 is 34.2 Å². The van der Waals surface area contributed by atoms with Gasteiger partial charge < -0.3 is 10.0 Å². The van der Waals surface area contributed by atoms with Crippen molar-refractivity contribution in [3.8, 4) is 5.75 Å². The Hall–Kier alpha value is -1.38. The summed E-state index contributed by atoms with van der Waals surface area (Å²) in [6.07, 6.45) is 0. The predicted octanol–water partition coefficient (Wildman–Crippen LogP) is 1.92. The molecular formula is C10H11IN2O4. The lowest BCUT2D eigenvalue weighted by atomic mass is 10.1. The number of benzene rings is 1. The first-order chi connectivity index (χ1) is 7.77. The van der Waals surface area contributed by atoms with Crippen LogP contribution in [0.25, 0.3) is 0 Å². The Morgan fingerprint density at radius 2 is 2.06 bits per heavy atom. The average Bonchev–Trinajstić information content (AvgIpc) is 2.22. The molecule has 0 aliphatic rings. The van der Waals surface area contributed by atoms with E-state index < -0.39 is 22.3 Å². The molecule has 0 saturated heterocycles. The van der Waals surface area contributed by atoms with E-state index in [0.717, 1.165) is 0 Å². The molecule has 0 aliphatic carbocycles. The van der Waals surface area contributed by atoms with Crippen LogP contribution in [0.3, 0.4) is 0 Å². The molecule has 0 fully saturated rings. The van der Waals surface area contributed by atoms with Crippen LogP contribution in [0, 0.1) is 20.6 Å². The number of phenolic OH excluding ortho intramolecular Hbond substituents is 1. The molecule has 0 bridgehead atoms. The molecule has 17 heavy (non-hydrogen) atoms. The standard InChI is InChI=1S/C10H11IN2O4/c1-5-7(11)4-6(10(15)12(2)3)9(14)8(5)13(16)17/h4,14H,1-3H3. The number of amides is 1. The molecule has 6 nitrogen and oxygen atoms in total. The number of carbonyl (C=O) groups excluding carboxylic acids is 1. The maximum atomic E-state index is 11.7. The van der Waals surface area contributed by atoms with Crippen LogP contribution in [0.1, 0.15) is 15.9 Å². The summed E-state index contributed by atoms with van der Waals surface area (Å²) in [4.78, 5) is 23.2. The molecule has 0 heterocycles. The molecule has 0 unspecified atom stereocenters. The molecule has 0 saturated carbocycles. The Kier molecular flexibility index (Phi) is 3.91. The van der Waals surface area contributed by atoms with E-state index in [2.05, 4.69) is 0 Å². The number of phenols is 1. The third-order valence-corrected chi connectivity index (χ3v) is 3.40. The van der Waals surface area contributed by atoms with Crippen molar-refractivity contribution in [1.29, 1.82) is 0 Å². The Morgan fingerprint density at radius 3 is 2.47 bits per heavy atom. The normalized spacial score (nSPS) is 10.1. The van der Waals surface area contributed by atoms with E-state index >= 15 is 0 Å². The van der Waals surface area contributed by atoms with E-state index in [1.807, 2.05) is 22.6 Å². The Bertz CT molecular complexity index is 500. The lowest BCUT2D eigenvalue weighted by molar-refractivity contribution is -0.386. The van der Waals surface area contributed by atoms with Crippen molar-refractivity contribution in [2.75, 3.05) is 14.1 Å². The Morgan fingerprint density at radius 1 is 1.53 bits per heavy atom. The molecule has 0 spiro atoms. The monoisotopic (exact) mass is 350 g/mol. The topological polar surface area (TPSA) is 83.7 Å². The van der Waals surface area contributed by atoms with E-state index in [1.165, 1.54) is 32.0 Å². The van der Waals surface area contributed by atoms with Crippen molar-refractivity contribution in [3.63, 3.8) is 0 Å². The van der Waals surface area contributed by atoms with Crippen LogP contribution < -0.4 is 0 Å². The second-order valence-corrected chi connectivity index (χ2v) is 4.85. The van der Waals surface area contributed by atoms with Crippen LogP contribution in [-0.2, 0) is 0 Å². The van der Waals surface area contributed by atoms with Gasteiger partial charge in [0.1, 0.15) is 0 Å². The van der Waals surface area contributed by atoms with E-state index in [0.29, 0.717) is 9.13 Å². The Labute approximate surface area is 112 Å². The van der Waals surface area contributed by atoms with Crippen LogP contribution in [0.2, 0.25) is 0 Å². The lowest BCUT2D eigenvalue weighted by Gasteiger charge is -2.13. The van der Waals surface area contributed by atoms with Gasteiger partial charge in [0.05, 0.1) is 10.5 Å². The zero-order chi connectivity index (χ0) is 13.3. The molecule has 0 atom stereocenters. The van der Waals surface area contributed by atoms with Gasteiger partial charge in [0.15, 0.2) is 0 Å². The highest BCUT2D eigenvalue weighted by atomic mass is 127. The maximum Gasteiger partial charge on any atom is 0.315 e. The van der Waals surface area contributed by atoms with Gasteiger partial charge in [-0.15, -0.1) is 0 Å². The van der Waals surface area contributed by atoms with Crippen molar-refractivity contribution < 1.29 is 14.8 Å². The quantitative estimate of drug-likeness (QED) is 0.502. The molecule has 1 N–H and O–H groups in total. The van der Waals surface area contributed by atoms with E-state index in [-0.39, 0.29) is 5.56 Å². The number of nitro groups is 1. The highest BCUT2D eigenvalue weighted by molar-refractivity contribution is 14.1. The van der Waals surface area contributed by atoms with Gasteiger partial charge >= 0.3 is 5.69 Å². The summed E-state index contributed by atoms with van der Waals surface area (Å²) >= 11 is 1.90. The summed E-state index contributed by atoms with van der Waals surface area (Å²) < 4.78 is 0.567. The second-order valence-electron chi connectivity index (χ2n) is 3.68. The summed E-state index contributed by atoms with van der Waals surface area (Å²) in [6.45, 7) is 1.53. The van der Waals surface area contributed by atoms with Crippen LogP contribution >= 0.6 is 22.6 Å². The number of rotatable bonds is 2. The minimum Gasteiger partial charge on any atom is -0.502 e. The Balaban J connectivity index is 3.56. The van der Waals surface area contributed by atoms with Gasteiger partial charge in [0.2, 0.25) is 5.75 Å². The van der Waals surface area contributed by atoms with Gasteiger partial charge in [-0.1, -0.05) is 0 Å². The second kappa shape index (κ2) is 4.86. The van der Waals surface area contributed by atoms with Gasteiger partial charge in [-0.3, -0.25) is 14.9 Å². The molecular weight excluding hydrogens is 339 g/mol. The van der Waals surface area contributed by atoms with Crippen LogP contribution in [-0.4, -0.2) is 34.9 Å². The number of hydrogen-bond donors (Lipinski definition) is 1. The minimum absolute atomic E-state index is 0.0586. The van der Waals surface area contributed by atoms with E-state index in [1.54, 1.807) is 0 Å². The third-order valence-electron chi connectivity index (χ3n) is 2.28. The first kappa shape index (κ1) is 13.7. The highest BCUT2D eigenvalue weighted by Crippen LogP contribution is 2.36. The molecule has 92 valence electrons. The van der Waals surface area contributed by atoms with Gasteiger partial charge in [-0.25, -0.2) is 0 Å². The highest BCUT2D eigenvalue weighted by Gasteiger charge is 2.27. The zero-order valence-corrected chi connectivity index (χ0v) is 11.7. The molecule has 1 aromatic carbocycles. The van der Waals surface area contributed by atoms with Crippen LogP contribution in [0.15, 0.2) is 6.07 Å². The van der Waals surface area contributed by atoms with Crippen LogP contribution in [0.5, 0.6) is 5.75 Å². The molecule has 1 amide bonds. The summed E-state index contributed by atoms with van der Waals surface area (Å²) in [7, 11) is 3.03. The van der Waals surface area contributed by atoms with Gasteiger partial charge in [0.25, 0.3) is 5.91 Å². The van der Waals surface area contributed by atoms with Gasteiger partial charge in [0, 0.05) is 23.2 Å². The lowest BCUT2D eigenvalue weighted by Crippen LogP contribution is -2.22. The SMILES string of the molecule is Cc1c(I)cc(C(=O)N(C)C)c(O)c1[N+](=O)[O-]. The molecule has 1 rings (SSSR count). The van der Waals surface area contributed by atoms with E-state index in [4.69, 9.17) is 0 Å². The first-order valence-corrected chi connectivity index (χ1v) is 5.73. The zero-order valence-electron chi connectivity index (χ0n) is 9.52. The van der Waals surface area contributed by atoms with E-state index in [9.17, 15) is 20.0 Å². The molecule has 0 radical (unpaired) electrons. The number of carbonyl (C=O) groups is 1. The summed E-state index contributed by atoms with van der Waals surface area (Å²) in [5.74, 6) is -1.05. The fourth-order valence-corrected chi connectivity index (χ4v) is 1.92. The molecule has 1 aromatic rings. The molecule has 7 heteroatoms. The fraction of sp³-hybridized carbons (Fsp3) is 0.300. The summed E-state index contributed by atoms with van der Waals surface area (Å²) in [6, 6.07) is 1.44. The fourth-order valence-electron chi connectivity index (χ4n) is 1.35. The third kappa shape index (κ3) is 2.48. The number of nitrogens with zero attached hydrogens (tertiary/aromatic N) is 2. The summed E-state index contributed by atoms with van der Waals surface area (Å²) in [5, 5.41) is 20.6. The predicted molar refractivity (Wildman–Crippen MR) is 70.2 cm³/mol. The number of aromatic hydroxyl groups is 1. The van der Waals surface area contributed by atoms with Crippen molar-refractivity contribution in [1.82, 2.24) is 4.90 Å². The average molecular weight is 350 g/mol. The smallest absolute Gasteiger partial charge is 0.315 e. The number of halogens is 1. The summed E-state index contributed by atoms with van der Waals surface area (Å²) in [5.41, 5.74) is -0.123. The number of nitro benzene ring substituents is 1. The van der Waals surface area contributed by atoms with Gasteiger partial charge in [-0.2, -0.15) is 0 Å². The minimum atomic E-state index is -0.681. The van der Waals surface area contributed by atoms with Gasteiger partial charge in [-0.05, 0) is 35.6 Å². The molecule has 0 aliphatic heterocycles. The van der Waals surface area contributed by atoms with Crippen molar-refractivity contribution in [3.05, 3.63) is 30.9 Å². The first-order valence-electron chi connectivity index (χ1n) is 4.65. The van der Waals surface area contributed by atoms with Crippen LogP contribution in [0.4, 0.5) is 5.69 Å². The van der Waals surface area contributed by atoms with Crippen molar-refractivity contribution in [2.45, 2.75) is 6.92 Å².